The summed E-state index contributed by atoms with van der Waals surface area (Å²) in [7, 11) is 0. The van der Waals surface area contributed by atoms with Crippen LogP contribution in [0.4, 0.5) is 5.69 Å². The third-order valence-corrected chi connectivity index (χ3v) is 3.33. The van der Waals surface area contributed by atoms with Gasteiger partial charge in [0.1, 0.15) is 5.75 Å². The molecule has 104 valence electrons. The number of benzene rings is 1. The number of hydrogen-bond donors (Lipinski definition) is 0. The van der Waals surface area contributed by atoms with Gasteiger partial charge in [0.25, 0.3) is 5.69 Å². The lowest BCUT2D eigenvalue weighted by Gasteiger charge is -2.20. The van der Waals surface area contributed by atoms with E-state index in [1.165, 1.54) is 12.1 Å². The number of ether oxygens (including phenoxy) is 2. The normalized spacial score (nSPS) is 13.7. The number of fused-ring (bicyclic) bond motifs is 1. The number of halogens is 1. The van der Waals surface area contributed by atoms with Crippen LogP contribution in [-0.2, 0) is 17.9 Å². The van der Waals surface area contributed by atoms with Gasteiger partial charge in [-0.1, -0.05) is 0 Å². The SMILES string of the molecule is O=[N+]([O-])c1cc2c(c(Cn3cc(Br)cn3)c1)OCOC2. The van der Waals surface area contributed by atoms with Crippen LogP contribution in [0.2, 0.25) is 0 Å². The molecule has 3 rings (SSSR count). The van der Waals surface area contributed by atoms with Crippen LogP contribution in [0.15, 0.2) is 29.0 Å². The van der Waals surface area contributed by atoms with Crippen molar-refractivity contribution in [2.45, 2.75) is 13.2 Å². The molecule has 0 fully saturated rings. The summed E-state index contributed by atoms with van der Waals surface area (Å²) in [5.41, 5.74) is 1.43. The maximum atomic E-state index is 11.0. The molecule has 0 spiro atoms. The van der Waals surface area contributed by atoms with Gasteiger partial charge in [-0.2, -0.15) is 5.10 Å². The summed E-state index contributed by atoms with van der Waals surface area (Å²) in [4.78, 5) is 10.6. The first-order valence-electron chi connectivity index (χ1n) is 5.82. The molecule has 0 amide bonds. The van der Waals surface area contributed by atoms with Crippen LogP contribution in [0, 0.1) is 10.1 Å². The van der Waals surface area contributed by atoms with E-state index in [1.807, 2.05) is 0 Å². The minimum atomic E-state index is -0.419. The van der Waals surface area contributed by atoms with Crippen molar-refractivity contribution in [2.75, 3.05) is 6.79 Å². The summed E-state index contributed by atoms with van der Waals surface area (Å²) in [5.74, 6) is 0.647. The van der Waals surface area contributed by atoms with E-state index in [-0.39, 0.29) is 12.5 Å². The lowest BCUT2D eigenvalue weighted by molar-refractivity contribution is -0.385. The Balaban J connectivity index is 2.03. The number of rotatable bonds is 3. The molecule has 2 aromatic rings. The number of nitro groups is 1. The van der Waals surface area contributed by atoms with Gasteiger partial charge >= 0.3 is 0 Å². The van der Waals surface area contributed by atoms with Crippen molar-refractivity contribution in [1.82, 2.24) is 9.78 Å². The molecule has 1 aliphatic rings. The third kappa shape index (κ3) is 2.52. The molecule has 1 aromatic heterocycles. The quantitative estimate of drug-likeness (QED) is 0.633. The third-order valence-electron chi connectivity index (χ3n) is 2.92. The second-order valence-corrected chi connectivity index (χ2v) is 5.23. The van der Waals surface area contributed by atoms with Crippen molar-refractivity contribution >= 4 is 21.6 Å². The number of nitrogens with zero attached hydrogens (tertiary/aromatic N) is 3. The zero-order valence-corrected chi connectivity index (χ0v) is 11.9. The fourth-order valence-electron chi connectivity index (χ4n) is 2.10. The first-order valence-corrected chi connectivity index (χ1v) is 6.61. The van der Waals surface area contributed by atoms with Crippen molar-refractivity contribution in [3.05, 3.63) is 50.2 Å². The molecule has 1 aromatic carbocycles. The van der Waals surface area contributed by atoms with E-state index in [9.17, 15) is 10.1 Å². The second kappa shape index (κ2) is 5.22. The zero-order valence-electron chi connectivity index (χ0n) is 10.3. The van der Waals surface area contributed by atoms with Crippen LogP contribution in [0.1, 0.15) is 11.1 Å². The second-order valence-electron chi connectivity index (χ2n) is 4.32. The van der Waals surface area contributed by atoms with Gasteiger partial charge in [0, 0.05) is 29.5 Å². The summed E-state index contributed by atoms with van der Waals surface area (Å²) < 4.78 is 13.2. The van der Waals surface area contributed by atoms with Gasteiger partial charge in [0.15, 0.2) is 6.79 Å². The van der Waals surface area contributed by atoms with Gasteiger partial charge in [-0.3, -0.25) is 14.8 Å². The summed E-state index contributed by atoms with van der Waals surface area (Å²) in [6.45, 7) is 0.864. The van der Waals surface area contributed by atoms with E-state index in [1.54, 1.807) is 17.1 Å². The lowest BCUT2D eigenvalue weighted by atomic mass is 10.1. The fourth-order valence-corrected chi connectivity index (χ4v) is 2.43. The van der Waals surface area contributed by atoms with E-state index in [2.05, 4.69) is 21.0 Å². The van der Waals surface area contributed by atoms with Gasteiger partial charge in [0.2, 0.25) is 0 Å². The molecule has 2 heterocycles. The smallest absolute Gasteiger partial charge is 0.270 e. The van der Waals surface area contributed by atoms with Crippen molar-refractivity contribution in [2.24, 2.45) is 0 Å². The van der Waals surface area contributed by atoms with Crippen LogP contribution in [0.5, 0.6) is 5.75 Å². The highest BCUT2D eigenvalue weighted by Gasteiger charge is 2.21. The highest BCUT2D eigenvalue weighted by Crippen LogP contribution is 2.33. The Labute approximate surface area is 122 Å². The van der Waals surface area contributed by atoms with Gasteiger partial charge in [0.05, 0.1) is 28.7 Å². The van der Waals surface area contributed by atoms with Gasteiger partial charge in [-0.05, 0) is 15.9 Å². The Kier molecular flexibility index (Phi) is 3.41. The minimum Gasteiger partial charge on any atom is -0.467 e. The van der Waals surface area contributed by atoms with E-state index >= 15 is 0 Å². The number of non-ortho nitro benzene ring substituents is 1. The van der Waals surface area contributed by atoms with Gasteiger partial charge in [-0.25, -0.2) is 0 Å². The van der Waals surface area contributed by atoms with Gasteiger partial charge in [-0.15, -0.1) is 0 Å². The predicted molar refractivity (Wildman–Crippen MR) is 72.4 cm³/mol. The lowest BCUT2D eigenvalue weighted by Crippen LogP contribution is -2.15. The molecular formula is C12H10BrN3O4. The van der Waals surface area contributed by atoms with Crippen molar-refractivity contribution in [3.63, 3.8) is 0 Å². The van der Waals surface area contributed by atoms with Crippen molar-refractivity contribution < 1.29 is 14.4 Å². The highest BCUT2D eigenvalue weighted by atomic mass is 79.9. The average molecular weight is 340 g/mol. The summed E-state index contributed by atoms with van der Waals surface area (Å²) in [5, 5.41) is 15.1. The first-order chi connectivity index (χ1) is 9.63. The number of aromatic nitrogens is 2. The highest BCUT2D eigenvalue weighted by molar-refractivity contribution is 9.10. The molecule has 20 heavy (non-hydrogen) atoms. The first kappa shape index (κ1) is 13.1. The maximum Gasteiger partial charge on any atom is 0.270 e. The van der Waals surface area contributed by atoms with Crippen LogP contribution >= 0.6 is 15.9 Å². The Morgan fingerprint density at radius 2 is 2.35 bits per heavy atom. The predicted octanol–water partition coefficient (Wildman–Crippen LogP) is 2.47. The average Bonchev–Trinajstić information content (AvgIpc) is 2.84. The Morgan fingerprint density at radius 1 is 1.50 bits per heavy atom. The molecule has 0 unspecified atom stereocenters. The molecule has 7 nitrogen and oxygen atoms in total. The largest absolute Gasteiger partial charge is 0.467 e. The maximum absolute atomic E-state index is 11.0. The summed E-state index contributed by atoms with van der Waals surface area (Å²) in [6.07, 6.45) is 3.46. The monoisotopic (exact) mass is 339 g/mol. The summed E-state index contributed by atoms with van der Waals surface area (Å²) in [6, 6.07) is 3.00. The van der Waals surface area contributed by atoms with E-state index in [0.29, 0.717) is 30.0 Å². The van der Waals surface area contributed by atoms with E-state index in [0.717, 1.165) is 4.47 Å². The standard InChI is InChI=1S/C12H10BrN3O4/c13-10-3-14-15(5-10)4-8-1-11(16(17)18)2-9-6-19-7-20-12(8)9/h1-3,5H,4,6-7H2. The molecule has 0 atom stereocenters. The number of hydrogen-bond acceptors (Lipinski definition) is 5. The molecule has 0 bridgehead atoms. The van der Waals surface area contributed by atoms with Gasteiger partial charge < -0.3 is 9.47 Å². The van der Waals surface area contributed by atoms with Crippen molar-refractivity contribution in [3.8, 4) is 5.75 Å². The molecule has 8 heteroatoms. The zero-order chi connectivity index (χ0) is 14.1. The molecular weight excluding hydrogens is 330 g/mol. The molecule has 1 aliphatic heterocycles. The van der Waals surface area contributed by atoms with Crippen LogP contribution in [-0.4, -0.2) is 21.5 Å². The fraction of sp³-hybridized carbons (Fsp3) is 0.250. The molecule has 0 saturated heterocycles. The molecule has 0 radical (unpaired) electrons. The molecule has 0 saturated carbocycles. The number of nitro benzene ring substituents is 1. The van der Waals surface area contributed by atoms with E-state index < -0.39 is 4.92 Å². The van der Waals surface area contributed by atoms with Crippen LogP contribution in [0.25, 0.3) is 0 Å². The topological polar surface area (TPSA) is 79.4 Å². The minimum absolute atomic E-state index is 0.0269. The molecule has 0 N–H and O–H groups in total. The Hall–Kier alpha value is -1.93. The Morgan fingerprint density at radius 3 is 3.05 bits per heavy atom. The Bertz CT molecular complexity index is 671. The van der Waals surface area contributed by atoms with Crippen molar-refractivity contribution in [1.29, 1.82) is 0 Å². The van der Waals surface area contributed by atoms with E-state index in [4.69, 9.17) is 9.47 Å². The van der Waals surface area contributed by atoms with Crippen LogP contribution < -0.4 is 4.74 Å². The molecule has 0 aliphatic carbocycles. The summed E-state index contributed by atoms with van der Waals surface area (Å²) >= 11 is 3.32. The van der Waals surface area contributed by atoms with Crippen LogP contribution in [0.3, 0.4) is 0 Å².